The summed E-state index contributed by atoms with van der Waals surface area (Å²) >= 11 is 0. The van der Waals surface area contributed by atoms with Crippen LogP contribution in [0.1, 0.15) is 42.8 Å². The van der Waals surface area contributed by atoms with Gasteiger partial charge in [-0.1, -0.05) is 5.21 Å². The second-order valence-corrected chi connectivity index (χ2v) is 9.50. The lowest BCUT2D eigenvalue weighted by Gasteiger charge is -2.18. The number of carbonyl (C=O) groups is 1. The molecule has 2 fully saturated rings. The molecule has 3 heterocycles. The minimum absolute atomic E-state index is 0.0165. The van der Waals surface area contributed by atoms with Crippen LogP contribution in [0, 0.1) is 24.7 Å². The molecule has 2 saturated carbocycles. The number of aryl methyl sites for hydroxylation is 2. The van der Waals surface area contributed by atoms with Crippen molar-refractivity contribution in [1.29, 1.82) is 0 Å². The lowest BCUT2D eigenvalue weighted by atomic mass is 9.92. The Labute approximate surface area is 208 Å². The van der Waals surface area contributed by atoms with Crippen molar-refractivity contribution in [1.82, 2.24) is 29.9 Å². The van der Waals surface area contributed by atoms with Gasteiger partial charge in [0, 0.05) is 20.4 Å². The molecular weight excluding hydrogens is 464 g/mol. The summed E-state index contributed by atoms with van der Waals surface area (Å²) in [7, 11) is 3.40. The Kier molecular flexibility index (Phi) is 6.82. The fraction of sp³-hybridized carbons (Fsp3) is 0.520. The number of pyridine rings is 1. The predicted molar refractivity (Wildman–Crippen MR) is 127 cm³/mol. The highest BCUT2D eigenvalue weighted by Gasteiger charge is 2.47. The molecule has 3 aromatic rings. The van der Waals surface area contributed by atoms with Gasteiger partial charge in [-0.2, -0.15) is 4.98 Å². The number of methoxy groups -OCH3 is 1. The van der Waals surface area contributed by atoms with Crippen molar-refractivity contribution in [3.8, 4) is 23.1 Å². The van der Waals surface area contributed by atoms with Gasteiger partial charge in [-0.3, -0.25) is 4.79 Å². The van der Waals surface area contributed by atoms with E-state index in [0.717, 1.165) is 42.8 Å². The van der Waals surface area contributed by atoms with E-state index in [0.29, 0.717) is 29.7 Å². The van der Waals surface area contributed by atoms with Gasteiger partial charge in [-0.05, 0) is 62.6 Å². The lowest BCUT2D eigenvalue weighted by Crippen LogP contribution is -2.21. The Hall–Kier alpha value is -3.60. The normalized spacial score (nSPS) is 23.0. The summed E-state index contributed by atoms with van der Waals surface area (Å²) in [6, 6.07) is 5.78. The number of hydrogen-bond donors (Lipinski definition) is 1. The fourth-order valence-corrected chi connectivity index (χ4v) is 5.47. The fourth-order valence-electron chi connectivity index (χ4n) is 5.47. The molecule has 4 atom stereocenters. The van der Waals surface area contributed by atoms with E-state index in [1.807, 2.05) is 19.1 Å². The minimum Gasteiger partial charge on any atom is -0.489 e. The van der Waals surface area contributed by atoms with Gasteiger partial charge in [-0.15, -0.1) is 5.10 Å². The van der Waals surface area contributed by atoms with Gasteiger partial charge in [0.2, 0.25) is 0 Å². The van der Waals surface area contributed by atoms with Crippen molar-refractivity contribution >= 4 is 5.97 Å². The van der Waals surface area contributed by atoms with E-state index in [-0.39, 0.29) is 30.6 Å². The second-order valence-electron chi connectivity index (χ2n) is 9.50. The van der Waals surface area contributed by atoms with E-state index < -0.39 is 5.97 Å². The number of hydrogen-bond acceptors (Lipinski definition) is 9. The van der Waals surface area contributed by atoms with Crippen molar-refractivity contribution < 1.29 is 24.1 Å². The third-order valence-corrected chi connectivity index (χ3v) is 7.23. The molecule has 0 aliphatic heterocycles. The van der Waals surface area contributed by atoms with Crippen LogP contribution in [0.3, 0.4) is 0 Å². The average Bonchev–Trinajstić information content (AvgIpc) is 3.53. The van der Waals surface area contributed by atoms with Crippen LogP contribution in [-0.4, -0.2) is 54.2 Å². The van der Waals surface area contributed by atoms with Crippen LogP contribution in [0.2, 0.25) is 0 Å². The number of nitrogens with zero attached hydrogens (tertiary/aromatic N) is 6. The van der Waals surface area contributed by atoms with Gasteiger partial charge in [0.05, 0.1) is 35.7 Å². The highest BCUT2D eigenvalue weighted by molar-refractivity contribution is 5.71. The van der Waals surface area contributed by atoms with Crippen molar-refractivity contribution in [2.45, 2.75) is 51.9 Å². The Morgan fingerprint density at radius 2 is 2.03 bits per heavy atom. The summed E-state index contributed by atoms with van der Waals surface area (Å²) in [6.07, 6.45) is 5.07. The summed E-state index contributed by atoms with van der Waals surface area (Å²) in [5, 5.41) is 17.9. The van der Waals surface area contributed by atoms with E-state index in [4.69, 9.17) is 19.2 Å². The first-order valence-corrected chi connectivity index (χ1v) is 12.1. The van der Waals surface area contributed by atoms with Crippen molar-refractivity contribution in [2.75, 3.05) is 7.11 Å². The van der Waals surface area contributed by atoms with Gasteiger partial charge in [0.25, 0.3) is 0 Å². The summed E-state index contributed by atoms with van der Waals surface area (Å²) < 4.78 is 18.9. The number of aromatic nitrogens is 6. The predicted octanol–water partition coefficient (Wildman–Crippen LogP) is 2.97. The smallest absolute Gasteiger partial charge is 0.317 e. The highest BCUT2D eigenvalue weighted by Crippen LogP contribution is 2.48. The van der Waals surface area contributed by atoms with Crippen LogP contribution in [0.4, 0.5) is 0 Å². The highest BCUT2D eigenvalue weighted by atomic mass is 16.5. The quantitative estimate of drug-likeness (QED) is 0.473. The van der Waals surface area contributed by atoms with Crippen LogP contribution in [0.5, 0.6) is 11.8 Å². The summed E-state index contributed by atoms with van der Waals surface area (Å²) in [4.78, 5) is 24.8. The molecule has 0 bridgehead atoms. The molecule has 0 radical (unpaired) electrons. The lowest BCUT2D eigenvalue weighted by molar-refractivity contribution is -0.143. The molecule has 0 saturated heterocycles. The van der Waals surface area contributed by atoms with E-state index in [2.05, 4.69) is 20.3 Å². The van der Waals surface area contributed by atoms with Crippen molar-refractivity contribution in [2.24, 2.45) is 24.8 Å². The molecule has 1 N–H and O–H groups in total. The molecule has 0 amide bonds. The maximum Gasteiger partial charge on any atom is 0.317 e. The molecule has 2 aliphatic rings. The number of rotatable bonds is 9. The zero-order chi connectivity index (χ0) is 25.2. The minimum atomic E-state index is -0.677. The molecule has 36 heavy (non-hydrogen) atoms. The second kappa shape index (κ2) is 10.2. The Bertz CT molecular complexity index is 1250. The van der Waals surface area contributed by atoms with Crippen LogP contribution in [-0.2, 0) is 29.8 Å². The van der Waals surface area contributed by atoms with Crippen LogP contribution in [0.25, 0.3) is 11.4 Å². The zero-order valence-electron chi connectivity index (χ0n) is 20.6. The number of carboxylic acid groups (broad SMARTS) is 1. The van der Waals surface area contributed by atoms with Crippen molar-refractivity contribution in [3.63, 3.8) is 0 Å². The number of fused-ring (bicyclic) bond motifs is 1. The SMILES string of the molecule is COCc1ccnc(OCc2c(-c3ccc(O[C@H]4C[C@H]5CCC(C(=O)O)[C@H]5C4)c(C)n3)nnn2C)n1. The molecule has 1 unspecified atom stereocenters. The molecule has 3 aromatic heterocycles. The van der Waals surface area contributed by atoms with Crippen LogP contribution >= 0.6 is 0 Å². The first kappa shape index (κ1) is 24.1. The van der Waals surface area contributed by atoms with E-state index in [1.165, 1.54) is 0 Å². The summed E-state index contributed by atoms with van der Waals surface area (Å²) in [5.74, 6) is 0.436. The van der Waals surface area contributed by atoms with Gasteiger partial charge in [0.1, 0.15) is 23.7 Å². The molecule has 190 valence electrons. The monoisotopic (exact) mass is 494 g/mol. The Balaban J connectivity index is 1.27. The first-order chi connectivity index (χ1) is 17.4. The molecule has 11 nitrogen and oxygen atoms in total. The Morgan fingerprint density at radius 3 is 2.81 bits per heavy atom. The number of ether oxygens (including phenoxy) is 3. The van der Waals surface area contributed by atoms with Gasteiger partial charge in [-0.25, -0.2) is 14.6 Å². The van der Waals surface area contributed by atoms with Crippen LogP contribution < -0.4 is 9.47 Å². The maximum absolute atomic E-state index is 11.5. The summed E-state index contributed by atoms with van der Waals surface area (Å²) in [5.41, 5.74) is 3.48. The topological polar surface area (TPSA) is 134 Å². The van der Waals surface area contributed by atoms with Crippen LogP contribution in [0.15, 0.2) is 24.4 Å². The van der Waals surface area contributed by atoms with E-state index in [1.54, 1.807) is 31.1 Å². The molecule has 2 aliphatic carbocycles. The third-order valence-electron chi connectivity index (χ3n) is 7.23. The molecule has 0 spiro atoms. The van der Waals surface area contributed by atoms with E-state index in [9.17, 15) is 9.90 Å². The molecule has 11 heteroatoms. The first-order valence-electron chi connectivity index (χ1n) is 12.1. The Morgan fingerprint density at radius 1 is 1.17 bits per heavy atom. The average molecular weight is 495 g/mol. The zero-order valence-corrected chi connectivity index (χ0v) is 20.6. The molecular formula is C25H30N6O5. The van der Waals surface area contributed by atoms with Gasteiger partial charge < -0.3 is 19.3 Å². The summed E-state index contributed by atoms with van der Waals surface area (Å²) in [6.45, 7) is 2.44. The van der Waals surface area contributed by atoms with Gasteiger partial charge in [0.15, 0.2) is 0 Å². The number of carboxylic acids is 1. The van der Waals surface area contributed by atoms with Crippen molar-refractivity contribution in [3.05, 3.63) is 41.5 Å². The largest absolute Gasteiger partial charge is 0.489 e. The molecule has 0 aromatic carbocycles. The molecule has 5 rings (SSSR count). The number of aliphatic carboxylic acids is 1. The maximum atomic E-state index is 11.5. The standard InChI is InChI=1S/C25H30N6O5/c1-14-22(36-17-10-15-4-5-18(24(32)33)19(15)11-17)7-6-20(27-14)23-21(31(2)30-29-23)13-35-25-26-9-8-16(28-25)12-34-3/h6-9,15,17-19H,4-5,10-13H2,1-3H3,(H,32,33)/t15-,17+,18?,19+/m1/s1. The third kappa shape index (κ3) is 4.88. The van der Waals surface area contributed by atoms with E-state index >= 15 is 0 Å². The van der Waals surface area contributed by atoms with Gasteiger partial charge >= 0.3 is 12.0 Å².